The zero-order chi connectivity index (χ0) is 30.2. The van der Waals surface area contributed by atoms with Gasteiger partial charge >= 0.3 is 6.36 Å². The molecule has 1 unspecified atom stereocenters. The van der Waals surface area contributed by atoms with Gasteiger partial charge in [-0.1, -0.05) is 6.07 Å². The summed E-state index contributed by atoms with van der Waals surface area (Å²) in [5, 5.41) is 3.03. The Hall–Kier alpha value is -4.08. The molecule has 3 aliphatic rings. The van der Waals surface area contributed by atoms with E-state index in [1.165, 1.54) is 17.8 Å². The molecule has 1 N–H and O–H groups in total. The van der Waals surface area contributed by atoms with Gasteiger partial charge in [0.15, 0.2) is 0 Å². The van der Waals surface area contributed by atoms with Crippen molar-refractivity contribution in [1.29, 1.82) is 0 Å². The molecule has 2 aliphatic heterocycles. The third-order valence-corrected chi connectivity index (χ3v) is 9.42. The number of hydrogen-bond acceptors (Lipinski definition) is 5. The van der Waals surface area contributed by atoms with Gasteiger partial charge in [-0.3, -0.25) is 14.6 Å². The number of anilines is 1. The molecular formula is C33H35F3N4O3. The highest BCUT2D eigenvalue weighted by atomic mass is 19.4. The van der Waals surface area contributed by atoms with Crippen molar-refractivity contribution < 1.29 is 27.5 Å². The summed E-state index contributed by atoms with van der Waals surface area (Å²) in [6.07, 6.45) is 4.57. The summed E-state index contributed by atoms with van der Waals surface area (Å²) in [5.41, 5.74) is 4.79. The van der Waals surface area contributed by atoms with Crippen molar-refractivity contribution in [3.63, 3.8) is 0 Å². The molecule has 7 nitrogen and oxygen atoms in total. The summed E-state index contributed by atoms with van der Waals surface area (Å²) in [5.74, 6) is -0.725. The summed E-state index contributed by atoms with van der Waals surface area (Å²) in [4.78, 5) is 35.2. The second kappa shape index (κ2) is 11.5. The van der Waals surface area contributed by atoms with Crippen molar-refractivity contribution in [2.24, 2.45) is 5.41 Å². The molecule has 6 rings (SSSR count). The Labute approximate surface area is 249 Å². The van der Waals surface area contributed by atoms with Crippen molar-refractivity contribution in [2.45, 2.75) is 57.9 Å². The van der Waals surface area contributed by atoms with Crippen LogP contribution in [-0.4, -0.2) is 54.2 Å². The van der Waals surface area contributed by atoms with Gasteiger partial charge in [0, 0.05) is 55.4 Å². The molecule has 3 heterocycles. The van der Waals surface area contributed by atoms with Crippen LogP contribution in [0.4, 0.5) is 18.9 Å². The molecule has 2 fully saturated rings. The van der Waals surface area contributed by atoms with Gasteiger partial charge in [0.1, 0.15) is 5.75 Å². The van der Waals surface area contributed by atoms with E-state index < -0.39 is 6.36 Å². The molecule has 10 heteroatoms. The van der Waals surface area contributed by atoms with E-state index in [2.05, 4.69) is 32.1 Å². The third-order valence-electron chi connectivity index (χ3n) is 9.42. The quantitative estimate of drug-likeness (QED) is 0.380. The van der Waals surface area contributed by atoms with Crippen molar-refractivity contribution >= 4 is 17.5 Å². The molecule has 1 spiro atoms. The Balaban J connectivity index is 1.07. The highest BCUT2D eigenvalue weighted by Gasteiger charge is 2.39. The molecule has 226 valence electrons. The van der Waals surface area contributed by atoms with Gasteiger partial charge in [0.2, 0.25) is 0 Å². The van der Waals surface area contributed by atoms with Crippen molar-refractivity contribution in [1.82, 2.24) is 15.2 Å². The predicted octanol–water partition coefficient (Wildman–Crippen LogP) is 6.23. The molecule has 1 aromatic heterocycles. The standard InChI is InChI=1S/C33H35F3N4O3/c1-22-20-26(43-33(34,35)36)5-6-27(22)30(41)38-29-7-4-23-2-3-24(21-28(23)29)31(42)40-18-12-32(13-19-40)10-16-39(17-11-32)25-8-14-37-15-9-25/h2-3,5-6,8-9,14-15,20-21,29H,4,7,10-13,16-19H2,1H3,(H,38,41). The van der Waals surface area contributed by atoms with Gasteiger partial charge in [0.25, 0.3) is 11.8 Å². The predicted molar refractivity (Wildman–Crippen MR) is 156 cm³/mol. The lowest BCUT2D eigenvalue weighted by Gasteiger charge is -2.47. The van der Waals surface area contributed by atoms with E-state index in [0.717, 1.165) is 75.5 Å². The van der Waals surface area contributed by atoms with Gasteiger partial charge < -0.3 is 19.9 Å². The molecule has 2 amide bonds. The minimum atomic E-state index is -4.80. The fourth-order valence-electron chi connectivity index (χ4n) is 6.87. The van der Waals surface area contributed by atoms with Crippen molar-refractivity contribution in [3.8, 4) is 5.75 Å². The Morgan fingerprint density at radius 2 is 1.65 bits per heavy atom. The molecule has 43 heavy (non-hydrogen) atoms. The zero-order valence-electron chi connectivity index (χ0n) is 24.1. The lowest BCUT2D eigenvalue weighted by molar-refractivity contribution is -0.274. The molecule has 0 bridgehead atoms. The number of alkyl halides is 3. The van der Waals surface area contributed by atoms with E-state index >= 15 is 0 Å². The highest BCUT2D eigenvalue weighted by Crippen LogP contribution is 2.42. The van der Waals surface area contributed by atoms with Crippen LogP contribution in [0, 0.1) is 12.3 Å². The van der Waals surface area contributed by atoms with Crippen LogP contribution in [0.5, 0.6) is 5.75 Å². The number of carbonyl (C=O) groups excluding carboxylic acids is 2. The number of nitrogens with one attached hydrogen (secondary N) is 1. The number of hydrogen-bond donors (Lipinski definition) is 1. The minimum absolute atomic E-state index is 0.0138. The van der Waals surface area contributed by atoms with Gasteiger partial charge in [-0.05, 0) is 110 Å². The first-order valence-corrected chi connectivity index (χ1v) is 14.8. The fraction of sp³-hybridized carbons (Fsp3) is 0.424. The highest BCUT2D eigenvalue weighted by molar-refractivity contribution is 5.97. The number of pyridine rings is 1. The number of carbonyl (C=O) groups is 2. The number of benzene rings is 2. The van der Waals surface area contributed by atoms with E-state index in [-0.39, 0.29) is 34.6 Å². The smallest absolute Gasteiger partial charge is 0.406 e. The van der Waals surface area contributed by atoms with Gasteiger partial charge in [-0.2, -0.15) is 0 Å². The Bertz CT molecular complexity index is 1490. The number of halogens is 3. The molecular weight excluding hydrogens is 557 g/mol. The van der Waals surface area contributed by atoms with Crippen LogP contribution >= 0.6 is 0 Å². The maximum Gasteiger partial charge on any atom is 0.573 e. The number of amides is 2. The van der Waals surface area contributed by atoms with E-state index in [4.69, 9.17) is 0 Å². The Morgan fingerprint density at radius 1 is 0.953 bits per heavy atom. The molecule has 0 saturated carbocycles. The third kappa shape index (κ3) is 6.33. The van der Waals surface area contributed by atoms with Crippen LogP contribution in [0.25, 0.3) is 0 Å². The Morgan fingerprint density at radius 3 is 2.33 bits per heavy atom. The number of piperidine rings is 2. The monoisotopic (exact) mass is 592 g/mol. The number of fused-ring (bicyclic) bond motifs is 1. The average molecular weight is 593 g/mol. The normalized spacial score (nSPS) is 19.7. The fourth-order valence-corrected chi connectivity index (χ4v) is 6.87. The van der Waals surface area contributed by atoms with Gasteiger partial charge in [-0.25, -0.2) is 0 Å². The first kappa shape index (κ1) is 29.0. The van der Waals surface area contributed by atoms with Gasteiger partial charge in [0.05, 0.1) is 6.04 Å². The Kier molecular flexibility index (Phi) is 7.79. The molecule has 0 radical (unpaired) electrons. The van der Waals surface area contributed by atoms with Crippen molar-refractivity contribution in [2.75, 3.05) is 31.1 Å². The molecule has 2 aromatic carbocycles. The van der Waals surface area contributed by atoms with Crippen LogP contribution in [0.1, 0.15) is 75.6 Å². The number of aryl methyl sites for hydroxylation is 2. The lowest BCUT2D eigenvalue weighted by atomic mass is 9.71. The molecule has 3 aromatic rings. The first-order chi connectivity index (χ1) is 20.6. The number of nitrogens with zero attached hydrogens (tertiary/aromatic N) is 3. The number of likely N-dealkylation sites (tertiary alicyclic amines) is 1. The SMILES string of the molecule is Cc1cc(OC(F)(F)F)ccc1C(=O)NC1CCc2ccc(C(=O)N3CCC4(CC3)CCN(c3ccncc3)CC4)cc21. The van der Waals surface area contributed by atoms with Crippen molar-refractivity contribution in [3.05, 3.63) is 88.7 Å². The van der Waals surface area contributed by atoms with Crippen LogP contribution < -0.4 is 15.0 Å². The van der Waals surface area contributed by atoms with E-state index in [1.54, 1.807) is 6.92 Å². The van der Waals surface area contributed by atoms with Gasteiger partial charge in [-0.15, -0.1) is 13.2 Å². The summed E-state index contributed by atoms with van der Waals surface area (Å²) >= 11 is 0. The second-order valence-corrected chi connectivity index (χ2v) is 12.0. The summed E-state index contributed by atoms with van der Waals surface area (Å²) in [7, 11) is 0. The van der Waals surface area contributed by atoms with Crippen LogP contribution in [0.15, 0.2) is 60.9 Å². The molecule has 2 saturated heterocycles. The topological polar surface area (TPSA) is 74.8 Å². The molecule has 1 atom stereocenters. The van der Waals surface area contributed by atoms with E-state index in [1.807, 2.05) is 35.5 Å². The largest absolute Gasteiger partial charge is 0.573 e. The number of rotatable bonds is 5. The molecule has 1 aliphatic carbocycles. The maximum atomic E-state index is 13.6. The van der Waals surface area contributed by atoms with Crippen LogP contribution in [0.2, 0.25) is 0 Å². The lowest BCUT2D eigenvalue weighted by Crippen LogP contribution is -2.48. The zero-order valence-corrected chi connectivity index (χ0v) is 24.1. The maximum absolute atomic E-state index is 13.6. The first-order valence-electron chi connectivity index (χ1n) is 14.8. The second-order valence-electron chi connectivity index (χ2n) is 12.0. The van der Waals surface area contributed by atoms with E-state index in [9.17, 15) is 22.8 Å². The summed E-state index contributed by atoms with van der Waals surface area (Å²) < 4.78 is 41.7. The minimum Gasteiger partial charge on any atom is -0.406 e. The summed E-state index contributed by atoms with van der Waals surface area (Å²) in [6, 6.07) is 13.3. The summed E-state index contributed by atoms with van der Waals surface area (Å²) in [6.45, 7) is 5.07. The van der Waals surface area contributed by atoms with E-state index in [0.29, 0.717) is 17.5 Å². The number of aromatic nitrogens is 1. The number of ether oxygens (including phenoxy) is 1. The average Bonchev–Trinajstić information content (AvgIpc) is 3.39. The van der Waals surface area contributed by atoms with Crippen LogP contribution in [0.3, 0.4) is 0 Å². The van der Waals surface area contributed by atoms with Crippen LogP contribution in [-0.2, 0) is 6.42 Å².